The zero-order valence-corrected chi connectivity index (χ0v) is 12.0. The topological polar surface area (TPSA) is 41.5 Å². The molecule has 1 aromatic rings. The Bertz CT molecular complexity index is 556. The number of nitrogens with zero attached hydrogens (tertiary/aromatic N) is 1. The van der Waals surface area contributed by atoms with E-state index < -0.39 is 0 Å². The van der Waals surface area contributed by atoms with Gasteiger partial charge in [-0.3, -0.25) is 4.79 Å². The Kier molecular flexibility index (Phi) is 3.27. The molecule has 1 heterocycles. The van der Waals surface area contributed by atoms with Crippen LogP contribution in [0.3, 0.4) is 0 Å². The minimum Gasteiger partial charge on any atom is -0.267 e. The van der Waals surface area contributed by atoms with Crippen LogP contribution in [0.2, 0.25) is 0 Å². The average Bonchev–Trinajstić information content (AvgIpc) is 2.96. The monoisotopic (exact) mass is 274 g/mol. The maximum atomic E-state index is 12.0. The van der Waals surface area contributed by atoms with Gasteiger partial charge in [0.05, 0.1) is 5.56 Å². The molecule has 0 saturated heterocycles. The summed E-state index contributed by atoms with van der Waals surface area (Å²) in [4.78, 5) is 13.2. The fourth-order valence-corrected chi connectivity index (χ4v) is 3.53. The summed E-state index contributed by atoms with van der Waals surface area (Å²) in [6.07, 6.45) is 6.56. The van der Waals surface area contributed by atoms with Crippen LogP contribution in [-0.4, -0.2) is 11.6 Å². The first kappa shape index (κ1) is 12.6. The number of thiophene rings is 1. The number of carbonyl (C=O) groups is 1. The molecule has 0 bridgehead atoms. The molecular weight excluding hydrogens is 256 g/mol. The number of amides is 1. The molecule has 1 aromatic heterocycles. The zero-order valence-electron chi connectivity index (χ0n) is 11.2. The summed E-state index contributed by atoms with van der Waals surface area (Å²) in [5.41, 5.74) is 4.56. The van der Waals surface area contributed by atoms with Crippen LogP contribution in [0.5, 0.6) is 0 Å². The molecule has 1 saturated carbocycles. The molecule has 3 nitrogen and oxygen atoms in total. The van der Waals surface area contributed by atoms with Crippen molar-refractivity contribution in [2.45, 2.75) is 32.6 Å². The van der Waals surface area contributed by atoms with E-state index >= 15 is 0 Å². The van der Waals surface area contributed by atoms with Crippen molar-refractivity contribution >= 4 is 23.0 Å². The fourth-order valence-electron chi connectivity index (χ4n) is 2.63. The van der Waals surface area contributed by atoms with Crippen molar-refractivity contribution in [1.82, 2.24) is 5.43 Å². The van der Waals surface area contributed by atoms with Crippen molar-refractivity contribution < 1.29 is 4.79 Å². The van der Waals surface area contributed by atoms with E-state index in [0.29, 0.717) is 17.8 Å². The van der Waals surface area contributed by atoms with E-state index in [1.807, 2.05) is 11.4 Å². The van der Waals surface area contributed by atoms with Crippen molar-refractivity contribution in [3.05, 3.63) is 34.0 Å². The van der Waals surface area contributed by atoms with Crippen LogP contribution >= 0.6 is 11.3 Å². The quantitative estimate of drug-likeness (QED) is 0.664. The van der Waals surface area contributed by atoms with Gasteiger partial charge in [-0.25, -0.2) is 5.43 Å². The molecule has 19 heavy (non-hydrogen) atoms. The van der Waals surface area contributed by atoms with Crippen LogP contribution in [-0.2, 0) is 0 Å². The van der Waals surface area contributed by atoms with Crippen LogP contribution in [0.1, 0.15) is 47.8 Å². The van der Waals surface area contributed by atoms with Gasteiger partial charge < -0.3 is 0 Å². The van der Waals surface area contributed by atoms with Gasteiger partial charge in [0.25, 0.3) is 5.91 Å². The summed E-state index contributed by atoms with van der Waals surface area (Å²) < 4.78 is 0. The van der Waals surface area contributed by atoms with Crippen LogP contribution in [0.15, 0.2) is 28.7 Å². The van der Waals surface area contributed by atoms with Crippen molar-refractivity contribution in [3.63, 3.8) is 0 Å². The molecule has 2 unspecified atom stereocenters. The molecule has 0 radical (unpaired) electrons. The number of allylic oxidation sites excluding steroid dienone is 2. The molecule has 100 valence electrons. The number of carbonyl (C=O) groups excluding carboxylic acids is 1. The Morgan fingerprint density at radius 3 is 3.05 bits per heavy atom. The second-order valence-corrected chi connectivity index (χ2v) is 6.52. The van der Waals surface area contributed by atoms with Crippen LogP contribution < -0.4 is 5.43 Å². The highest BCUT2D eigenvalue weighted by molar-refractivity contribution is 7.10. The molecule has 1 amide bonds. The number of hydrazone groups is 1. The average molecular weight is 274 g/mol. The molecular formula is C15H18N2OS. The van der Waals surface area contributed by atoms with Gasteiger partial charge in [-0.05, 0) is 30.7 Å². The molecule has 1 N–H and O–H groups in total. The third kappa shape index (κ3) is 2.37. The molecule has 0 aromatic carbocycles. The van der Waals surface area contributed by atoms with Gasteiger partial charge in [0.1, 0.15) is 0 Å². The van der Waals surface area contributed by atoms with Crippen LogP contribution in [0, 0.1) is 11.8 Å². The molecule has 2 aliphatic carbocycles. The molecule has 2 atom stereocenters. The number of rotatable bonds is 3. The number of nitrogens with one attached hydrogen (secondary N) is 1. The van der Waals surface area contributed by atoms with Gasteiger partial charge >= 0.3 is 0 Å². The second-order valence-electron chi connectivity index (χ2n) is 5.57. The van der Waals surface area contributed by atoms with E-state index in [4.69, 9.17) is 0 Å². The van der Waals surface area contributed by atoms with E-state index in [9.17, 15) is 4.79 Å². The van der Waals surface area contributed by atoms with Crippen molar-refractivity contribution in [3.8, 4) is 0 Å². The minimum atomic E-state index is -0.0925. The SMILES string of the molecule is CC(C)c1cc(C(=O)N/N=C2\CC3C=CCC23)cs1. The summed E-state index contributed by atoms with van der Waals surface area (Å²) in [6.45, 7) is 4.27. The highest BCUT2D eigenvalue weighted by atomic mass is 32.1. The fraction of sp³-hybridized carbons (Fsp3) is 0.467. The van der Waals surface area contributed by atoms with E-state index in [1.165, 1.54) is 4.88 Å². The Morgan fingerprint density at radius 1 is 1.53 bits per heavy atom. The Hall–Kier alpha value is -1.42. The normalized spacial score (nSPS) is 26.6. The summed E-state index contributed by atoms with van der Waals surface area (Å²) in [5.74, 6) is 1.60. The van der Waals surface area contributed by atoms with Crippen molar-refractivity contribution in [2.24, 2.45) is 16.9 Å². The first-order valence-corrected chi connectivity index (χ1v) is 7.65. The predicted molar refractivity (Wildman–Crippen MR) is 78.7 cm³/mol. The Labute approximate surface area is 117 Å². The molecule has 0 aliphatic heterocycles. The van der Waals surface area contributed by atoms with E-state index in [0.717, 1.165) is 24.1 Å². The number of fused-ring (bicyclic) bond motifs is 1. The highest BCUT2D eigenvalue weighted by Gasteiger charge is 2.38. The van der Waals surface area contributed by atoms with Gasteiger partial charge in [0.2, 0.25) is 0 Å². The lowest BCUT2D eigenvalue weighted by Crippen LogP contribution is -2.35. The van der Waals surface area contributed by atoms with Gasteiger partial charge in [0, 0.05) is 21.9 Å². The van der Waals surface area contributed by atoms with Gasteiger partial charge in [-0.2, -0.15) is 5.10 Å². The maximum Gasteiger partial charge on any atom is 0.272 e. The second kappa shape index (κ2) is 4.93. The summed E-state index contributed by atoms with van der Waals surface area (Å²) in [5, 5.41) is 6.19. The Morgan fingerprint density at radius 2 is 2.37 bits per heavy atom. The zero-order chi connectivity index (χ0) is 13.4. The van der Waals surface area contributed by atoms with Gasteiger partial charge in [-0.1, -0.05) is 26.0 Å². The van der Waals surface area contributed by atoms with Crippen LogP contribution in [0.4, 0.5) is 0 Å². The number of hydrogen-bond donors (Lipinski definition) is 1. The predicted octanol–water partition coefficient (Wildman–Crippen LogP) is 3.55. The van der Waals surface area contributed by atoms with E-state index in [-0.39, 0.29) is 5.91 Å². The number of hydrogen-bond acceptors (Lipinski definition) is 3. The van der Waals surface area contributed by atoms with Gasteiger partial charge in [0.15, 0.2) is 0 Å². The molecule has 4 heteroatoms. The summed E-state index contributed by atoms with van der Waals surface area (Å²) in [7, 11) is 0. The third-order valence-corrected chi connectivity index (χ3v) is 5.15. The third-order valence-electron chi connectivity index (χ3n) is 3.91. The molecule has 2 aliphatic rings. The van der Waals surface area contributed by atoms with Crippen molar-refractivity contribution in [1.29, 1.82) is 0 Å². The lowest BCUT2D eigenvalue weighted by atomic mass is 9.74. The lowest BCUT2D eigenvalue weighted by Gasteiger charge is -2.31. The van der Waals surface area contributed by atoms with E-state index in [2.05, 4.69) is 36.5 Å². The summed E-state index contributed by atoms with van der Waals surface area (Å²) in [6, 6.07) is 1.96. The smallest absolute Gasteiger partial charge is 0.267 e. The molecule has 0 spiro atoms. The molecule has 1 fully saturated rings. The minimum absolute atomic E-state index is 0.0925. The lowest BCUT2D eigenvalue weighted by molar-refractivity contribution is 0.0954. The summed E-state index contributed by atoms with van der Waals surface area (Å²) >= 11 is 1.64. The van der Waals surface area contributed by atoms with E-state index in [1.54, 1.807) is 11.3 Å². The first-order chi connectivity index (χ1) is 9.15. The Balaban J connectivity index is 1.61. The largest absolute Gasteiger partial charge is 0.272 e. The van der Waals surface area contributed by atoms with Crippen LogP contribution in [0.25, 0.3) is 0 Å². The first-order valence-electron chi connectivity index (χ1n) is 6.77. The van der Waals surface area contributed by atoms with Gasteiger partial charge in [-0.15, -0.1) is 11.3 Å². The molecule has 3 rings (SSSR count). The standard InChI is InChI=1S/C15H18N2OS/c1-9(2)14-7-11(8-19-14)15(18)17-16-13-6-10-4-3-5-12(10)13/h3-4,7-10,12H,5-6H2,1-2H3,(H,17,18)/b16-13+. The maximum absolute atomic E-state index is 12.0. The van der Waals surface area contributed by atoms with Crippen molar-refractivity contribution in [2.75, 3.05) is 0 Å². The highest BCUT2D eigenvalue weighted by Crippen LogP contribution is 2.40.